The maximum atomic E-state index is 10.9. The van der Waals surface area contributed by atoms with Gasteiger partial charge in [-0.05, 0) is 18.6 Å². The topological polar surface area (TPSA) is 74.2 Å². The maximum Gasteiger partial charge on any atom is 0.335 e. The van der Waals surface area contributed by atoms with Crippen molar-refractivity contribution in [1.29, 1.82) is 0 Å². The van der Waals surface area contributed by atoms with Crippen molar-refractivity contribution in [3.05, 3.63) is 22.7 Å². The van der Waals surface area contributed by atoms with E-state index in [0.29, 0.717) is 25.6 Å². The number of halogens is 1. The molecule has 0 unspecified atom stereocenters. The molecule has 1 aromatic rings. The van der Waals surface area contributed by atoms with E-state index in [2.05, 4.69) is 0 Å². The smallest absolute Gasteiger partial charge is 0.335 e. The van der Waals surface area contributed by atoms with Gasteiger partial charge in [0.15, 0.2) is 11.5 Å². The van der Waals surface area contributed by atoms with Crippen molar-refractivity contribution >= 4 is 17.6 Å². The van der Waals surface area contributed by atoms with Crippen LogP contribution in [-0.2, 0) is 9.47 Å². The number of aromatic carboxylic acids is 1. The van der Waals surface area contributed by atoms with Crippen molar-refractivity contribution in [2.75, 3.05) is 40.6 Å². The number of carboxylic acid groups (broad SMARTS) is 1. The first kappa shape index (κ1) is 17.6. The van der Waals surface area contributed by atoms with E-state index in [-0.39, 0.29) is 22.9 Å². The van der Waals surface area contributed by atoms with Crippen LogP contribution in [0.15, 0.2) is 12.1 Å². The fourth-order valence-electron chi connectivity index (χ4n) is 1.59. The van der Waals surface area contributed by atoms with Crippen molar-refractivity contribution in [2.45, 2.75) is 6.42 Å². The average Bonchev–Trinajstić information content (AvgIpc) is 2.46. The van der Waals surface area contributed by atoms with Gasteiger partial charge in [0.1, 0.15) is 6.61 Å². The molecule has 0 aliphatic rings. The zero-order chi connectivity index (χ0) is 15.7. The SMILES string of the molecule is COCCCOCCOc1c(Cl)cc(C(=O)O)cc1OC. The number of carboxylic acids is 1. The standard InChI is InChI=1S/C14H19ClO6/c1-18-4-3-5-20-6-7-21-13-11(15)8-10(14(16)17)9-12(13)19-2/h8-9H,3-7H2,1-2H3,(H,16,17). The molecule has 0 atom stereocenters. The number of hydrogen-bond acceptors (Lipinski definition) is 5. The van der Waals surface area contributed by atoms with Gasteiger partial charge >= 0.3 is 5.97 Å². The van der Waals surface area contributed by atoms with Gasteiger partial charge in [0.05, 0.1) is 24.3 Å². The molecule has 1 aromatic carbocycles. The third kappa shape index (κ3) is 5.79. The van der Waals surface area contributed by atoms with Crippen molar-refractivity contribution in [3.63, 3.8) is 0 Å². The summed E-state index contributed by atoms with van der Waals surface area (Å²) in [7, 11) is 3.06. The Balaban J connectivity index is 2.52. The molecule has 0 fully saturated rings. The van der Waals surface area contributed by atoms with Crippen LogP contribution in [0.1, 0.15) is 16.8 Å². The third-order valence-corrected chi connectivity index (χ3v) is 2.87. The Labute approximate surface area is 128 Å². The summed E-state index contributed by atoms with van der Waals surface area (Å²) in [5, 5.41) is 9.14. The molecule has 0 aliphatic heterocycles. The van der Waals surface area contributed by atoms with E-state index in [1.165, 1.54) is 19.2 Å². The van der Waals surface area contributed by atoms with E-state index in [1.807, 2.05) is 0 Å². The number of methoxy groups -OCH3 is 2. The first-order valence-corrected chi connectivity index (χ1v) is 6.78. The van der Waals surface area contributed by atoms with Crippen molar-refractivity contribution < 1.29 is 28.8 Å². The summed E-state index contributed by atoms with van der Waals surface area (Å²) in [6.45, 7) is 1.91. The minimum absolute atomic E-state index is 0.0417. The van der Waals surface area contributed by atoms with Crippen LogP contribution in [0.2, 0.25) is 5.02 Å². The number of carbonyl (C=O) groups is 1. The van der Waals surface area contributed by atoms with Gasteiger partial charge in [0, 0.05) is 20.3 Å². The van der Waals surface area contributed by atoms with Crippen LogP contribution in [0, 0.1) is 0 Å². The van der Waals surface area contributed by atoms with Gasteiger partial charge in [-0.1, -0.05) is 11.6 Å². The lowest BCUT2D eigenvalue weighted by Crippen LogP contribution is -2.10. The third-order valence-electron chi connectivity index (χ3n) is 2.59. The molecule has 1 rings (SSSR count). The summed E-state index contributed by atoms with van der Waals surface area (Å²) >= 11 is 6.01. The van der Waals surface area contributed by atoms with E-state index in [0.717, 1.165) is 6.42 Å². The van der Waals surface area contributed by atoms with Crippen LogP contribution in [-0.4, -0.2) is 51.7 Å². The van der Waals surface area contributed by atoms with E-state index in [9.17, 15) is 4.79 Å². The molecule has 7 heteroatoms. The lowest BCUT2D eigenvalue weighted by Gasteiger charge is -2.13. The highest BCUT2D eigenvalue weighted by Crippen LogP contribution is 2.36. The molecule has 0 saturated heterocycles. The van der Waals surface area contributed by atoms with Crippen molar-refractivity contribution in [3.8, 4) is 11.5 Å². The van der Waals surface area contributed by atoms with Crippen LogP contribution in [0.4, 0.5) is 0 Å². The lowest BCUT2D eigenvalue weighted by molar-refractivity contribution is 0.0695. The summed E-state index contributed by atoms with van der Waals surface area (Å²) in [6.07, 6.45) is 0.813. The molecule has 0 spiro atoms. The molecule has 0 radical (unpaired) electrons. The molecular formula is C14H19ClO6. The van der Waals surface area contributed by atoms with E-state index >= 15 is 0 Å². The molecule has 0 bridgehead atoms. The molecule has 118 valence electrons. The fourth-order valence-corrected chi connectivity index (χ4v) is 1.86. The minimum Gasteiger partial charge on any atom is -0.493 e. The van der Waals surface area contributed by atoms with Gasteiger partial charge in [-0.3, -0.25) is 0 Å². The van der Waals surface area contributed by atoms with Gasteiger partial charge in [-0.2, -0.15) is 0 Å². The van der Waals surface area contributed by atoms with Crippen LogP contribution in [0.5, 0.6) is 11.5 Å². The Hall–Kier alpha value is -1.50. The first-order chi connectivity index (χ1) is 10.1. The molecule has 0 amide bonds. The van der Waals surface area contributed by atoms with Gasteiger partial charge in [-0.15, -0.1) is 0 Å². The van der Waals surface area contributed by atoms with Crippen molar-refractivity contribution in [2.24, 2.45) is 0 Å². The Morgan fingerprint density at radius 1 is 1.19 bits per heavy atom. The first-order valence-electron chi connectivity index (χ1n) is 6.40. The van der Waals surface area contributed by atoms with Crippen LogP contribution in [0.3, 0.4) is 0 Å². The van der Waals surface area contributed by atoms with Crippen molar-refractivity contribution in [1.82, 2.24) is 0 Å². The molecule has 6 nitrogen and oxygen atoms in total. The largest absolute Gasteiger partial charge is 0.493 e. The molecular weight excluding hydrogens is 300 g/mol. The second-order valence-electron chi connectivity index (χ2n) is 4.10. The van der Waals surface area contributed by atoms with Crippen LogP contribution >= 0.6 is 11.6 Å². The maximum absolute atomic E-state index is 10.9. The summed E-state index contributed by atoms with van der Waals surface area (Å²) in [5.41, 5.74) is 0.0417. The highest BCUT2D eigenvalue weighted by Gasteiger charge is 2.15. The van der Waals surface area contributed by atoms with Gasteiger partial charge in [0.25, 0.3) is 0 Å². The number of ether oxygens (including phenoxy) is 4. The summed E-state index contributed by atoms with van der Waals surface area (Å²) < 4.78 is 20.8. The van der Waals surface area contributed by atoms with E-state index in [1.54, 1.807) is 7.11 Å². The monoisotopic (exact) mass is 318 g/mol. The van der Waals surface area contributed by atoms with Gasteiger partial charge in [-0.25, -0.2) is 4.79 Å². The predicted octanol–water partition coefficient (Wildman–Crippen LogP) is 2.48. The Morgan fingerprint density at radius 2 is 1.95 bits per heavy atom. The van der Waals surface area contributed by atoms with Gasteiger partial charge in [0.2, 0.25) is 0 Å². The molecule has 0 saturated carbocycles. The van der Waals surface area contributed by atoms with E-state index < -0.39 is 5.97 Å². The highest BCUT2D eigenvalue weighted by molar-refractivity contribution is 6.32. The average molecular weight is 319 g/mol. The Bertz CT molecular complexity index is 463. The molecule has 0 heterocycles. The van der Waals surface area contributed by atoms with Crippen LogP contribution < -0.4 is 9.47 Å². The van der Waals surface area contributed by atoms with Crippen LogP contribution in [0.25, 0.3) is 0 Å². The fraction of sp³-hybridized carbons (Fsp3) is 0.500. The summed E-state index contributed by atoms with van der Waals surface area (Å²) in [5.74, 6) is -0.493. The molecule has 1 N–H and O–H groups in total. The second kappa shape index (κ2) is 9.44. The number of hydrogen-bond donors (Lipinski definition) is 1. The number of benzene rings is 1. The Kier molecular flexibility index (Phi) is 7.89. The normalized spacial score (nSPS) is 10.4. The van der Waals surface area contributed by atoms with Gasteiger partial charge < -0.3 is 24.1 Å². The number of rotatable bonds is 10. The minimum atomic E-state index is -1.08. The zero-order valence-corrected chi connectivity index (χ0v) is 12.8. The molecule has 0 aliphatic carbocycles. The summed E-state index contributed by atoms with van der Waals surface area (Å²) in [4.78, 5) is 10.9. The summed E-state index contributed by atoms with van der Waals surface area (Å²) in [6, 6.07) is 2.68. The zero-order valence-electron chi connectivity index (χ0n) is 12.1. The predicted molar refractivity (Wildman–Crippen MR) is 77.8 cm³/mol. The molecule has 21 heavy (non-hydrogen) atoms. The quantitative estimate of drug-likeness (QED) is 0.668. The molecule has 0 aromatic heterocycles. The Morgan fingerprint density at radius 3 is 2.57 bits per heavy atom. The highest BCUT2D eigenvalue weighted by atomic mass is 35.5. The lowest BCUT2D eigenvalue weighted by atomic mass is 10.2. The second-order valence-corrected chi connectivity index (χ2v) is 4.51. The van der Waals surface area contributed by atoms with E-state index in [4.69, 9.17) is 35.7 Å².